The first kappa shape index (κ1) is 11.5. The van der Waals surface area contributed by atoms with Gasteiger partial charge in [-0.05, 0) is 18.4 Å². The molecule has 0 radical (unpaired) electrons. The number of aliphatic hydroxyl groups excluding tert-OH is 1. The molecule has 2 nitrogen and oxygen atoms in total. The van der Waals surface area contributed by atoms with Crippen molar-refractivity contribution in [2.45, 2.75) is 45.3 Å². The lowest BCUT2D eigenvalue weighted by Crippen LogP contribution is -2.31. The highest BCUT2D eigenvalue weighted by Crippen LogP contribution is 2.37. The molecular weight excluding hydrogens is 200 g/mol. The molecule has 1 aromatic carbocycles. The third-order valence-electron chi connectivity index (χ3n) is 3.39. The Morgan fingerprint density at radius 3 is 2.94 bits per heavy atom. The molecule has 0 saturated heterocycles. The standard InChI is InChI=1S/C14H20O2/c1-3-6-10(2)14-9-12(15)11-7-4-5-8-13(11)16-14/h4-5,7-8,10,12,14-15H,3,6,9H2,1-2H3. The number of hydrogen-bond acceptors (Lipinski definition) is 2. The Morgan fingerprint density at radius 1 is 1.44 bits per heavy atom. The summed E-state index contributed by atoms with van der Waals surface area (Å²) in [6.45, 7) is 4.39. The topological polar surface area (TPSA) is 29.5 Å². The van der Waals surface area contributed by atoms with E-state index in [1.54, 1.807) is 0 Å². The van der Waals surface area contributed by atoms with Crippen LogP contribution in [0.15, 0.2) is 24.3 Å². The van der Waals surface area contributed by atoms with Gasteiger partial charge in [-0.25, -0.2) is 0 Å². The van der Waals surface area contributed by atoms with Crippen molar-refractivity contribution in [2.24, 2.45) is 5.92 Å². The SMILES string of the molecule is CCCC(C)C1CC(O)c2ccccc2O1. The van der Waals surface area contributed by atoms with E-state index in [1.165, 1.54) is 6.42 Å². The number of ether oxygens (including phenoxy) is 1. The molecule has 88 valence electrons. The van der Waals surface area contributed by atoms with E-state index in [4.69, 9.17) is 4.74 Å². The summed E-state index contributed by atoms with van der Waals surface area (Å²) in [7, 11) is 0. The van der Waals surface area contributed by atoms with E-state index in [0.29, 0.717) is 5.92 Å². The van der Waals surface area contributed by atoms with Crippen molar-refractivity contribution in [3.8, 4) is 5.75 Å². The van der Waals surface area contributed by atoms with Gasteiger partial charge in [-0.3, -0.25) is 0 Å². The number of para-hydroxylation sites is 1. The van der Waals surface area contributed by atoms with E-state index < -0.39 is 0 Å². The van der Waals surface area contributed by atoms with Gasteiger partial charge in [0.1, 0.15) is 11.9 Å². The molecule has 0 bridgehead atoms. The number of rotatable bonds is 3. The van der Waals surface area contributed by atoms with Gasteiger partial charge < -0.3 is 9.84 Å². The van der Waals surface area contributed by atoms with E-state index in [0.717, 1.165) is 24.2 Å². The molecule has 1 aromatic rings. The second kappa shape index (κ2) is 4.88. The van der Waals surface area contributed by atoms with Crippen LogP contribution in [-0.2, 0) is 0 Å². The molecule has 0 spiro atoms. The Kier molecular flexibility index (Phi) is 3.49. The van der Waals surface area contributed by atoms with E-state index in [1.807, 2.05) is 24.3 Å². The Labute approximate surface area is 97.3 Å². The summed E-state index contributed by atoms with van der Waals surface area (Å²) >= 11 is 0. The maximum Gasteiger partial charge on any atom is 0.125 e. The normalized spacial score (nSPS) is 25.7. The second-order valence-corrected chi connectivity index (χ2v) is 4.71. The molecular formula is C14H20O2. The summed E-state index contributed by atoms with van der Waals surface area (Å²) in [5, 5.41) is 10.1. The highest BCUT2D eigenvalue weighted by atomic mass is 16.5. The van der Waals surface area contributed by atoms with Crippen LogP contribution < -0.4 is 4.74 Å². The Hall–Kier alpha value is -1.02. The van der Waals surface area contributed by atoms with Gasteiger partial charge in [0.2, 0.25) is 0 Å². The first-order valence-corrected chi connectivity index (χ1v) is 6.16. The van der Waals surface area contributed by atoms with Crippen LogP contribution in [0.1, 0.15) is 44.8 Å². The van der Waals surface area contributed by atoms with Crippen LogP contribution in [0.4, 0.5) is 0 Å². The Morgan fingerprint density at radius 2 is 2.19 bits per heavy atom. The first-order valence-electron chi connectivity index (χ1n) is 6.16. The fourth-order valence-corrected chi connectivity index (χ4v) is 2.41. The molecule has 0 aliphatic carbocycles. The third-order valence-corrected chi connectivity index (χ3v) is 3.39. The van der Waals surface area contributed by atoms with Gasteiger partial charge in [-0.15, -0.1) is 0 Å². The van der Waals surface area contributed by atoms with Crippen LogP contribution in [0.5, 0.6) is 5.75 Å². The zero-order valence-corrected chi connectivity index (χ0v) is 10.0. The molecule has 2 rings (SSSR count). The van der Waals surface area contributed by atoms with Crippen molar-refractivity contribution in [2.75, 3.05) is 0 Å². The van der Waals surface area contributed by atoms with Gasteiger partial charge in [0.15, 0.2) is 0 Å². The maximum atomic E-state index is 10.1. The van der Waals surface area contributed by atoms with Gasteiger partial charge in [-0.1, -0.05) is 38.5 Å². The smallest absolute Gasteiger partial charge is 0.125 e. The molecule has 1 aliphatic rings. The van der Waals surface area contributed by atoms with Crippen LogP contribution in [0.3, 0.4) is 0 Å². The molecule has 2 heteroatoms. The number of benzene rings is 1. The van der Waals surface area contributed by atoms with Gasteiger partial charge in [0.25, 0.3) is 0 Å². The molecule has 0 aromatic heterocycles. The molecule has 16 heavy (non-hydrogen) atoms. The van der Waals surface area contributed by atoms with Crippen molar-refractivity contribution in [1.29, 1.82) is 0 Å². The summed E-state index contributed by atoms with van der Waals surface area (Å²) in [6, 6.07) is 7.80. The lowest BCUT2D eigenvalue weighted by Gasteiger charge is -2.33. The van der Waals surface area contributed by atoms with Crippen LogP contribution in [0, 0.1) is 5.92 Å². The number of fused-ring (bicyclic) bond motifs is 1. The zero-order chi connectivity index (χ0) is 11.5. The number of aliphatic hydroxyl groups is 1. The van der Waals surface area contributed by atoms with Crippen molar-refractivity contribution in [1.82, 2.24) is 0 Å². The molecule has 3 unspecified atom stereocenters. The van der Waals surface area contributed by atoms with E-state index >= 15 is 0 Å². The average Bonchev–Trinajstić information content (AvgIpc) is 2.29. The maximum absolute atomic E-state index is 10.1. The van der Waals surface area contributed by atoms with Crippen LogP contribution in [0.2, 0.25) is 0 Å². The van der Waals surface area contributed by atoms with Crippen molar-refractivity contribution in [3.05, 3.63) is 29.8 Å². The molecule has 0 saturated carbocycles. The fourth-order valence-electron chi connectivity index (χ4n) is 2.41. The minimum atomic E-state index is -0.366. The largest absolute Gasteiger partial charge is 0.490 e. The van der Waals surface area contributed by atoms with Crippen molar-refractivity contribution >= 4 is 0 Å². The minimum Gasteiger partial charge on any atom is -0.490 e. The summed E-state index contributed by atoms with van der Waals surface area (Å²) in [5.41, 5.74) is 0.933. The summed E-state index contributed by atoms with van der Waals surface area (Å²) < 4.78 is 5.96. The molecule has 3 atom stereocenters. The Bertz CT molecular complexity index is 348. The van der Waals surface area contributed by atoms with E-state index in [2.05, 4.69) is 13.8 Å². The van der Waals surface area contributed by atoms with Gasteiger partial charge in [0, 0.05) is 12.0 Å². The van der Waals surface area contributed by atoms with Crippen molar-refractivity contribution < 1.29 is 9.84 Å². The van der Waals surface area contributed by atoms with Crippen molar-refractivity contribution in [3.63, 3.8) is 0 Å². The first-order chi connectivity index (χ1) is 7.72. The highest BCUT2D eigenvalue weighted by molar-refractivity contribution is 5.36. The van der Waals surface area contributed by atoms with Crippen LogP contribution >= 0.6 is 0 Å². The Balaban J connectivity index is 2.14. The lowest BCUT2D eigenvalue weighted by atomic mass is 9.90. The zero-order valence-electron chi connectivity index (χ0n) is 10.0. The monoisotopic (exact) mass is 220 g/mol. The molecule has 0 amide bonds. The quantitative estimate of drug-likeness (QED) is 0.846. The van der Waals surface area contributed by atoms with E-state index in [-0.39, 0.29) is 12.2 Å². The fraction of sp³-hybridized carbons (Fsp3) is 0.571. The van der Waals surface area contributed by atoms with E-state index in [9.17, 15) is 5.11 Å². The van der Waals surface area contributed by atoms with Crippen LogP contribution in [-0.4, -0.2) is 11.2 Å². The van der Waals surface area contributed by atoms with Crippen LogP contribution in [0.25, 0.3) is 0 Å². The summed E-state index contributed by atoms with van der Waals surface area (Å²) in [6.07, 6.45) is 2.83. The molecule has 0 fully saturated rings. The summed E-state index contributed by atoms with van der Waals surface area (Å²) in [5.74, 6) is 1.36. The van der Waals surface area contributed by atoms with Gasteiger partial charge in [-0.2, -0.15) is 0 Å². The minimum absolute atomic E-state index is 0.157. The summed E-state index contributed by atoms with van der Waals surface area (Å²) in [4.78, 5) is 0. The molecule has 1 aliphatic heterocycles. The molecule has 1 N–H and O–H groups in total. The second-order valence-electron chi connectivity index (χ2n) is 4.71. The van der Waals surface area contributed by atoms with Gasteiger partial charge >= 0.3 is 0 Å². The average molecular weight is 220 g/mol. The predicted molar refractivity (Wildman–Crippen MR) is 64.5 cm³/mol. The third kappa shape index (κ3) is 2.22. The van der Waals surface area contributed by atoms with Gasteiger partial charge in [0.05, 0.1) is 6.10 Å². The highest BCUT2D eigenvalue weighted by Gasteiger charge is 2.29. The lowest BCUT2D eigenvalue weighted by molar-refractivity contribution is 0.0361. The molecule has 1 heterocycles. The predicted octanol–water partition coefficient (Wildman–Crippen LogP) is 3.31. The number of hydrogen-bond donors (Lipinski definition) is 1.